The molecule has 0 saturated heterocycles. The van der Waals surface area contributed by atoms with Gasteiger partial charge in [-0.3, -0.25) is 14.5 Å². The normalized spacial score (nSPS) is 14.3. The Kier molecular flexibility index (Phi) is 4.96. The molecule has 0 bridgehead atoms. The van der Waals surface area contributed by atoms with Gasteiger partial charge in [0.05, 0.1) is 6.61 Å². The molecule has 0 fully saturated rings. The molecule has 0 aromatic heterocycles. The molecule has 0 saturated carbocycles. The molecule has 6 heteroatoms. The zero-order chi connectivity index (χ0) is 16.9. The molecule has 1 heterocycles. The van der Waals surface area contributed by atoms with Gasteiger partial charge in [0, 0.05) is 26.2 Å². The topological polar surface area (TPSA) is 84.7 Å². The smallest absolute Gasteiger partial charge is 0.253 e. The zero-order valence-corrected chi connectivity index (χ0v) is 13.5. The van der Waals surface area contributed by atoms with Crippen molar-refractivity contribution >= 4 is 11.4 Å². The molecule has 0 atom stereocenters. The van der Waals surface area contributed by atoms with Crippen molar-refractivity contribution in [1.82, 2.24) is 4.90 Å². The maximum Gasteiger partial charge on any atom is 0.253 e. The fourth-order valence-corrected chi connectivity index (χ4v) is 2.70. The molecule has 6 nitrogen and oxygen atoms in total. The summed E-state index contributed by atoms with van der Waals surface area (Å²) in [5.74, 6) is 0.841. The van der Waals surface area contributed by atoms with Crippen LogP contribution in [0, 0.1) is 0 Å². The van der Waals surface area contributed by atoms with Crippen LogP contribution in [0.1, 0.15) is 12.0 Å². The van der Waals surface area contributed by atoms with Crippen molar-refractivity contribution in [2.45, 2.75) is 13.0 Å². The first-order valence-corrected chi connectivity index (χ1v) is 8.07. The minimum atomic E-state index is -0.598. The monoisotopic (exact) mass is 327 g/mol. The third kappa shape index (κ3) is 3.65. The van der Waals surface area contributed by atoms with Crippen LogP contribution in [0.5, 0.6) is 5.75 Å². The Labute approximate surface area is 140 Å². The van der Waals surface area contributed by atoms with E-state index in [0.29, 0.717) is 19.6 Å². The fourth-order valence-electron chi connectivity index (χ4n) is 2.70. The number of nitrogens with one attached hydrogen (secondary N) is 1. The van der Waals surface area contributed by atoms with Gasteiger partial charge in [0.2, 0.25) is 0 Å². The number of hydrogen-bond acceptors (Lipinski definition) is 6. The number of nitrogens with two attached hydrogens (primary N) is 1. The summed E-state index contributed by atoms with van der Waals surface area (Å²) in [6.07, 6.45) is 5.06. The zero-order valence-electron chi connectivity index (χ0n) is 13.5. The van der Waals surface area contributed by atoms with E-state index in [2.05, 4.69) is 34.5 Å². The highest BCUT2D eigenvalue weighted by atomic mass is 16.5. The van der Waals surface area contributed by atoms with Gasteiger partial charge in [-0.15, -0.1) is 0 Å². The summed E-state index contributed by atoms with van der Waals surface area (Å²) in [6.45, 7) is 3.97. The first-order valence-electron chi connectivity index (χ1n) is 8.07. The molecule has 2 aromatic carbocycles. The molecule has 0 amide bonds. The van der Waals surface area contributed by atoms with E-state index >= 15 is 0 Å². The van der Waals surface area contributed by atoms with Gasteiger partial charge in [-0.05, 0) is 24.1 Å². The van der Waals surface area contributed by atoms with Crippen molar-refractivity contribution in [3.8, 4) is 5.75 Å². The van der Waals surface area contributed by atoms with Gasteiger partial charge >= 0.3 is 0 Å². The molecule has 1 aliphatic rings. The van der Waals surface area contributed by atoms with Gasteiger partial charge in [0.25, 0.3) is 10.9 Å². The molecule has 126 valence electrons. The lowest BCUT2D eigenvalue weighted by Gasteiger charge is -2.15. The second kappa shape index (κ2) is 7.31. The van der Waals surface area contributed by atoms with Crippen molar-refractivity contribution in [2.24, 2.45) is 0 Å². The summed E-state index contributed by atoms with van der Waals surface area (Å²) in [5.41, 5.74) is 5.82. The van der Waals surface area contributed by atoms with Gasteiger partial charge in [0.1, 0.15) is 17.1 Å². The molecule has 0 spiro atoms. The first-order chi connectivity index (χ1) is 11.6. The van der Waals surface area contributed by atoms with Crippen molar-refractivity contribution in [2.75, 3.05) is 37.3 Å². The molecule has 3 N–H and O–H groups in total. The average molecular weight is 327 g/mol. The largest absolute Gasteiger partial charge is 0.494 e. The molecule has 24 heavy (non-hydrogen) atoms. The second-order valence-electron chi connectivity index (χ2n) is 5.89. The van der Waals surface area contributed by atoms with Gasteiger partial charge < -0.3 is 15.8 Å². The van der Waals surface area contributed by atoms with Crippen LogP contribution in [0.2, 0.25) is 0 Å². The van der Waals surface area contributed by atoms with Gasteiger partial charge in [-0.25, -0.2) is 0 Å². The molecular weight excluding hydrogens is 306 g/mol. The van der Waals surface area contributed by atoms with Crippen LogP contribution in [0.15, 0.2) is 46.0 Å². The number of nitrogens with zero attached hydrogens (tertiary/aromatic N) is 1. The molecule has 0 radical (unpaired) electrons. The number of benzene rings is 1. The van der Waals surface area contributed by atoms with E-state index in [0.717, 1.165) is 25.4 Å². The molecular formula is C18H21N3O3. The summed E-state index contributed by atoms with van der Waals surface area (Å²) in [6, 6.07) is 8.09. The number of ether oxygens (including phenoxy) is 1. The highest BCUT2D eigenvalue weighted by Gasteiger charge is 2.16. The molecule has 0 aliphatic carbocycles. The summed E-state index contributed by atoms with van der Waals surface area (Å²) in [7, 11) is 0. The van der Waals surface area contributed by atoms with Crippen molar-refractivity contribution in [1.29, 1.82) is 0 Å². The van der Waals surface area contributed by atoms with E-state index in [1.165, 1.54) is 5.56 Å². The lowest BCUT2D eigenvalue weighted by molar-refractivity contribution is 0.312. The minimum absolute atomic E-state index is 0.0324. The average Bonchev–Trinajstić information content (AvgIpc) is 3.10. The van der Waals surface area contributed by atoms with Crippen molar-refractivity contribution in [3.05, 3.63) is 62.4 Å². The third-order valence-electron chi connectivity index (χ3n) is 4.04. The molecule has 0 unspecified atom stereocenters. The van der Waals surface area contributed by atoms with Crippen LogP contribution in [-0.4, -0.2) is 31.1 Å². The van der Waals surface area contributed by atoms with Crippen molar-refractivity contribution in [3.63, 3.8) is 0 Å². The second-order valence-corrected chi connectivity index (χ2v) is 5.89. The van der Waals surface area contributed by atoms with E-state index in [4.69, 9.17) is 10.5 Å². The number of rotatable bonds is 8. The Morgan fingerprint density at radius 3 is 2.71 bits per heavy atom. The summed E-state index contributed by atoms with van der Waals surface area (Å²) in [4.78, 5) is 24.6. The lowest BCUT2D eigenvalue weighted by atomic mass is 10.2. The van der Waals surface area contributed by atoms with E-state index in [1.54, 1.807) is 0 Å². The Hall–Kier alpha value is -2.60. The maximum atomic E-state index is 11.2. The SMILES string of the molecule is Nc1c(NCCCOc2cccc(CN3CC=CC3)c2)c(=O)c1=O. The summed E-state index contributed by atoms with van der Waals surface area (Å²) in [5, 5.41) is 2.89. The van der Waals surface area contributed by atoms with Crippen LogP contribution in [0.4, 0.5) is 11.4 Å². The van der Waals surface area contributed by atoms with E-state index < -0.39 is 10.9 Å². The fraction of sp³-hybridized carbons (Fsp3) is 0.333. The number of anilines is 2. The quantitative estimate of drug-likeness (QED) is 0.429. The predicted octanol–water partition coefficient (Wildman–Crippen LogP) is 1.12. The summed E-state index contributed by atoms with van der Waals surface area (Å²) < 4.78 is 5.75. The third-order valence-corrected chi connectivity index (χ3v) is 4.04. The van der Waals surface area contributed by atoms with Gasteiger partial charge in [-0.2, -0.15) is 0 Å². The Bertz CT molecular complexity index is 798. The lowest BCUT2D eigenvalue weighted by Crippen LogP contribution is -2.37. The maximum absolute atomic E-state index is 11.2. The Morgan fingerprint density at radius 1 is 1.17 bits per heavy atom. The van der Waals surface area contributed by atoms with Crippen LogP contribution < -0.4 is 26.6 Å². The molecule has 1 aliphatic heterocycles. The molecule has 2 aromatic rings. The Morgan fingerprint density at radius 2 is 1.96 bits per heavy atom. The van der Waals surface area contributed by atoms with E-state index in [-0.39, 0.29) is 11.4 Å². The van der Waals surface area contributed by atoms with Crippen LogP contribution in [0.25, 0.3) is 0 Å². The highest BCUT2D eigenvalue weighted by molar-refractivity contribution is 5.71. The van der Waals surface area contributed by atoms with Gasteiger partial charge in [0.15, 0.2) is 0 Å². The van der Waals surface area contributed by atoms with Crippen LogP contribution in [-0.2, 0) is 6.54 Å². The van der Waals surface area contributed by atoms with Gasteiger partial charge in [-0.1, -0.05) is 24.3 Å². The predicted molar refractivity (Wildman–Crippen MR) is 95.2 cm³/mol. The highest BCUT2D eigenvalue weighted by Crippen LogP contribution is 2.16. The molecule has 3 rings (SSSR count). The van der Waals surface area contributed by atoms with E-state index in [1.807, 2.05) is 12.1 Å². The number of nitrogen functional groups attached to an aromatic ring is 1. The minimum Gasteiger partial charge on any atom is -0.494 e. The first kappa shape index (κ1) is 16.3. The number of hydrogen-bond donors (Lipinski definition) is 2. The summed E-state index contributed by atoms with van der Waals surface area (Å²) >= 11 is 0. The Balaban J connectivity index is 1.40. The van der Waals surface area contributed by atoms with E-state index in [9.17, 15) is 9.59 Å². The van der Waals surface area contributed by atoms with Crippen LogP contribution >= 0.6 is 0 Å². The van der Waals surface area contributed by atoms with Crippen LogP contribution in [0.3, 0.4) is 0 Å². The standard InChI is InChI=1S/C18H21N3O3/c19-15-16(18(23)17(15)22)20-7-4-10-24-14-6-3-5-13(11-14)12-21-8-1-2-9-21/h1-3,5-6,11,20H,4,7-10,12,19H2. The van der Waals surface area contributed by atoms with Crippen molar-refractivity contribution < 1.29 is 4.74 Å².